The molecule has 5 rings (SSSR count). The summed E-state index contributed by atoms with van der Waals surface area (Å²) >= 11 is 0. The topological polar surface area (TPSA) is 62.0 Å². The van der Waals surface area contributed by atoms with Crippen LogP contribution in [-0.4, -0.2) is 10.8 Å². The van der Waals surface area contributed by atoms with Crippen LogP contribution in [0.5, 0.6) is 0 Å². The van der Waals surface area contributed by atoms with Crippen LogP contribution in [0.15, 0.2) is 71.5 Å². The zero-order valence-electron chi connectivity index (χ0n) is 14.0. The first-order valence-corrected chi connectivity index (χ1v) is 8.64. The van der Waals surface area contributed by atoms with Gasteiger partial charge in [-0.25, -0.2) is 0 Å². The van der Waals surface area contributed by atoms with E-state index in [1.54, 1.807) is 0 Å². The summed E-state index contributed by atoms with van der Waals surface area (Å²) in [6, 6.07) is 21.1. The summed E-state index contributed by atoms with van der Waals surface area (Å²) in [4.78, 5) is 28.3. The third-order valence-electron chi connectivity index (χ3n) is 5.10. The summed E-state index contributed by atoms with van der Waals surface area (Å²) in [6.45, 7) is 0. The minimum Gasteiger partial charge on any atom is -0.377 e. The minimum atomic E-state index is -0.322. The molecule has 0 radical (unpaired) electrons. The molecule has 1 aliphatic heterocycles. The molecule has 126 valence electrons. The lowest BCUT2D eigenvalue weighted by atomic mass is 9.92. The number of benzene rings is 3. The first kappa shape index (κ1) is 14.9. The van der Waals surface area contributed by atoms with Crippen molar-refractivity contribution in [1.82, 2.24) is 4.98 Å². The Bertz CT molecular complexity index is 1240. The first-order valence-electron chi connectivity index (χ1n) is 8.64. The van der Waals surface area contributed by atoms with Crippen molar-refractivity contribution in [3.63, 3.8) is 0 Å². The maximum Gasteiger partial charge on any atom is 0.253 e. The van der Waals surface area contributed by atoms with Crippen molar-refractivity contribution in [1.29, 1.82) is 0 Å². The Morgan fingerprint density at radius 3 is 2.54 bits per heavy atom. The molecule has 0 saturated heterocycles. The molecule has 4 heteroatoms. The molecule has 0 aliphatic carbocycles. The van der Waals surface area contributed by atoms with Crippen LogP contribution in [-0.2, 0) is 0 Å². The molecule has 1 aromatic heterocycles. The minimum absolute atomic E-state index is 0.0577. The molecule has 0 saturated carbocycles. The highest BCUT2D eigenvalue weighted by Gasteiger charge is 2.27. The fraction of sp³-hybridized carbons (Fsp3) is 0.0909. The number of Topliss-reactive ketones (excluding diaryl/α,β-unsaturated/α-hetero) is 1. The second kappa shape index (κ2) is 5.56. The number of nitrogens with one attached hydrogen (secondary N) is 2. The van der Waals surface area contributed by atoms with Crippen LogP contribution < -0.4 is 10.9 Å². The fourth-order valence-electron chi connectivity index (χ4n) is 3.80. The number of carbonyl (C=O) groups is 1. The first-order chi connectivity index (χ1) is 12.7. The molecule has 1 atom stereocenters. The van der Waals surface area contributed by atoms with Gasteiger partial charge in [0.25, 0.3) is 5.56 Å². The molecule has 0 bridgehead atoms. The zero-order valence-corrected chi connectivity index (χ0v) is 14.0. The van der Waals surface area contributed by atoms with Gasteiger partial charge < -0.3 is 10.3 Å². The van der Waals surface area contributed by atoms with Gasteiger partial charge in [0.05, 0.1) is 11.6 Å². The molecule has 1 unspecified atom stereocenters. The van der Waals surface area contributed by atoms with Gasteiger partial charge in [0, 0.05) is 28.6 Å². The van der Waals surface area contributed by atoms with E-state index >= 15 is 0 Å². The van der Waals surface area contributed by atoms with E-state index in [1.165, 1.54) is 0 Å². The Morgan fingerprint density at radius 2 is 1.62 bits per heavy atom. The number of hydrogen-bond donors (Lipinski definition) is 2. The predicted octanol–water partition coefficient (Wildman–Crippen LogP) is 4.42. The number of rotatable bonds is 1. The number of fused-ring (bicyclic) bond motifs is 4. The van der Waals surface area contributed by atoms with Crippen molar-refractivity contribution in [3.8, 4) is 0 Å². The smallest absolute Gasteiger partial charge is 0.253 e. The molecule has 3 aromatic carbocycles. The van der Waals surface area contributed by atoms with Crippen LogP contribution in [0.1, 0.15) is 28.4 Å². The van der Waals surface area contributed by atoms with Gasteiger partial charge in [-0.1, -0.05) is 48.5 Å². The molecule has 2 heterocycles. The second-order valence-corrected chi connectivity index (χ2v) is 6.67. The molecular weight excluding hydrogens is 324 g/mol. The highest BCUT2D eigenvalue weighted by Crippen LogP contribution is 2.32. The summed E-state index contributed by atoms with van der Waals surface area (Å²) in [5, 5.41) is 6.42. The van der Waals surface area contributed by atoms with Crippen molar-refractivity contribution < 1.29 is 4.79 Å². The standard InChI is InChI=1S/C22H16N2O2/c25-20-12-19(23-18-8-4-3-7-16(18)20)17-11-14-10-9-13-5-1-2-6-15(13)21(14)24-22(17)26/h1-11,19,23H,12H2,(H,24,26). The van der Waals surface area contributed by atoms with E-state index in [9.17, 15) is 9.59 Å². The average molecular weight is 340 g/mol. The van der Waals surface area contributed by atoms with Gasteiger partial charge in [-0.3, -0.25) is 9.59 Å². The Labute approximate surface area is 149 Å². The van der Waals surface area contributed by atoms with Crippen LogP contribution in [0.3, 0.4) is 0 Å². The average Bonchev–Trinajstić information content (AvgIpc) is 2.67. The van der Waals surface area contributed by atoms with Gasteiger partial charge in [-0.2, -0.15) is 0 Å². The number of carbonyl (C=O) groups excluding carboxylic acids is 1. The molecule has 4 nitrogen and oxygen atoms in total. The fourth-order valence-corrected chi connectivity index (χ4v) is 3.80. The zero-order chi connectivity index (χ0) is 17.7. The number of hydrogen-bond acceptors (Lipinski definition) is 3. The monoisotopic (exact) mass is 340 g/mol. The maximum absolute atomic E-state index is 12.8. The second-order valence-electron chi connectivity index (χ2n) is 6.67. The Kier molecular flexibility index (Phi) is 3.19. The normalized spacial score (nSPS) is 16.5. The molecule has 26 heavy (non-hydrogen) atoms. The van der Waals surface area contributed by atoms with Crippen molar-refractivity contribution in [3.05, 3.63) is 88.2 Å². The number of pyridine rings is 1. The van der Waals surface area contributed by atoms with Gasteiger partial charge in [-0.05, 0) is 29.0 Å². The number of ketones is 1. The maximum atomic E-state index is 12.8. The predicted molar refractivity (Wildman–Crippen MR) is 104 cm³/mol. The largest absolute Gasteiger partial charge is 0.377 e. The van der Waals surface area contributed by atoms with Gasteiger partial charge in [0.15, 0.2) is 5.78 Å². The Hall–Kier alpha value is -3.40. The van der Waals surface area contributed by atoms with Crippen LogP contribution in [0, 0.1) is 0 Å². The molecule has 0 spiro atoms. The van der Waals surface area contributed by atoms with Crippen LogP contribution in [0.2, 0.25) is 0 Å². The Balaban J connectivity index is 1.66. The lowest BCUT2D eigenvalue weighted by Crippen LogP contribution is -2.27. The third-order valence-corrected chi connectivity index (χ3v) is 5.10. The van der Waals surface area contributed by atoms with E-state index in [0.29, 0.717) is 11.1 Å². The van der Waals surface area contributed by atoms with E-state index in [4.69, 9.17) is 0 Å². The molecule has 1 aliphatic rings. The molecule has 2 N–H and O–H groups in total. The van der Waals surface area contributed by atoms with E-state index < -0.39 is 0 Å². The molecule has 4 aromatic rings. The van der Waals surface area contributed by atoms with E-state index in [1.807, 2.05) is 60.7 Å². The number of H-pyrrole nitrogens is 1. The number of para-hydroxylation sites is 1. The van der Waals surface area contributed by atoms with E-state index in [-0.39, 0.29) is 23.8 Å². The van der Waals surface area contributed by atoms with Gasteiger partial charge in [-0.15, -0.1) is 0 Å². The van der Waals surface area contributed by atoms with Crippen molar-refractivity contribution >= 4 is 33.1 Å². The van der Waals surface area contributed by atoms with Crippen LogP contribution in [0.4, 0.5) is 5.69 Å². The van der Waals surface area contributed by atoms with Crippen molar-refractivity contribution in [2.45, 2.75) is 12.5 Å². The summed E-state index contributed by atoms with van der Waals surface area (Å²) < 4.78 is 0. The van der Waals surface area contributed by atoms with Crippen LogP contribution >= 0.6 is 0 Å². The molecular formula is C22H16N2O2. The summed E-state index contributed by atoms with van der Waals surface area (Å²) in [5.41, 5.74) is 2.74. The van der Waals surface area contributed by atoms with Crippen LogP contribution in [0.25, 0.3) is 21.7 Å². The quantitative estimate of drug-likeness (QED) is 0.504. The number of aromatic amines is 1. The Morgan fingerprint density at radius 1 is 0.846 bits per heavy atom. The molecule has 0 amide bonds. The lowest BCUT2D eigenvalue weighted by molar-refractivity contribution is 0.0972. The van der Waals surface area contributed by atoms with Gasteiger partial charge in [0.2, 0.25) is 0 Å². The van der Waals surface area contributed by atoms with Gasteiger partial charge in [0.1, 0.15) is 0 Å². The van der Waals surface area contributed by atoms with E-state index in [0.717, 1.165) is 27.4 Å². The van der Waals surface area contributed by atoms with E-state index in [2.05, 4.69) is 16.4 Å². The van der Waals surface area contributed by atoms with Gasteiger partial charge >= 0.3 is 0 Å². The molecule has 0 fully saturated rings. The number of aromatic nitrogens is 1. The SMILES string of the molecule is O=C1CC(c2cc3ccc4ccccc4c3[nH]c2=O)Nc2ccccc21. The highest BCUT2D eigenvalue weighted by molar-refractivity contribution is 6.06. The summed E-state index contributed by atoms with van der Waals surface area (Å²) in [7, 11) is 0. The summed E-state index contributed by atoms with van der Waals surface area (Å²) in [6.07, 6.45) is 0.277. The highest BCUT2D eigenvalue weighted by atomic mass is 16.1. The van der Waals surface area contributed by atoms with Crippen molar-refractivity contribution in [2.24, 2.45) is 0 Å². The third kappa shape index (κ3) is 2.23. The number of anilines is 1. The summed E-state index contributed by atoms with van der Waals surface area (Å²) in [5.74, 6) is 0.0577. The lowest BCUT2D eigenvalue weighted by Gasteiger charge is -2.26. The van der Waals surface area contributed by atoms with Crippen molar-refractivity contribution in [2.75, 3.05) is 5.32 Å².